The minimum Gasteiger partial charge on any atom is -0.494 e. The lowest BCUT2D eigenvalue weighted by Gasteiger charge is -2.18. The minimum atomic E-state index is 0.482. The maximum Gasteiger partial charge on any atom is 0.122 e. The maximum absolute atomic E-state index is 5.78. The molecule has 1 nitrogen and oxygen atoms in total. The van der Waals surface area contributed by atoms with Crippen molar-refractivity contribution >= 4 is 15.9 Å². The number of alkyl halides is 1. The van der Waals surface area contributed by atoms with Gasteiger partial charge in [-0.1, -0.05) is 28.9 Å². The molecule has 0 saturated heterocycles. The second kappa shape index (κ2) is 5.43. The van der Waals surface area contributed by atoms with E-state index in [2.05, 4.69) is 48.8 Å². The standard InChI is InChI=1S/C15H21BrO/c1-4-17-14-8-6-11(3)15-12(14)7-5-10(2)9-13(15)16/h6,8,10,13H,4-5,7,9H2,1-3H3. The summed E-state index contributed by atoms with van der Waals surface area (Å²) in [5.41, 5.74) is 4.29. The molecule has 1 aliphatic carbocycles. The van der Waals surface area contributed by atoms with Gasteiger partial charge in [0.15, 0.2) is 0 Å². The predicted octanol–water partition coefficient (Wildman–Crippen LogP) is 4.80. The van der Waals surface area contributed by atoms with Crippen molar-refractivity contribution in [2.45, 2.75) is 44.9 Å². The van der Waals surface area contributed by atoms with Crippen molar-refractivity contribution in [1.82, 2.24) is 0 Å². The van der Waals surface area contributed by atoms with Crippen LogP contribution in [0.4, 0.5) is 0 Å². The van der Waals surface area contributed by atoms with Crippen molar-refractivity contribution in [3.63, 3.8) is 0 Å². The Balaban J connectivity index is 2.47. The van der Waals surface area contributed by atoms with Gasteiger partial charge in [0.25, 0.3) is 0 Å². The van der Waals surface area contributed by atoms with Crippen molar-refractivity contribution < 1.29 is 4.74 Å². The van der Waals surface area contributed by atoms with Crippen molar-refractivity contribution in [1.29, 1.82) is 0 Å². The first-order valence-corrected chi connectivity index (χ1v) is 7.44. The molecule has 2 unspecified atom stereocenters. The van der Waals surface area contributed by atoms with Crippen LogP contribution in [0.5, 0.6) is 5.75 Å². The second-order valence-corrected chi connectivity index (χ2v) is 6.16. The molecule has 0 N–H and O–H groups in total. The lowest BCUT2D eigenvalue weighted by molar-refractivity contribution is 0.335. The van der Waals surface area contributed by atoms with Gasteiger partial charge in [-0.15, -0.1) is 0 Å². The molecule has 94 valence electrons. The van der Waals surface area contributed by atoms with E-state index in [-0.39, 0.29) is 0 Å². The molecule has 1 aromatic carbocycles. The molecule has 2 atom stereocenters. The molecule has 0 heterocycles. The van der Waals surface area contributed by atoms with Crippen LogP contribution in [0, 0.1) is 12.8 Å². The van der Waals surface area contributed by atoms with E-state index in [1.165, 1.54) is 29.5 Å². The zero-order valence-corrected chi connectivity index (χ0v) is 12.5. The van der Waals surface area contributed by atoms with Gasteiger partial charge in [0, 0.05) is 4.83 Å². The number of fused-ring (bicyclic) bond motifs is 1. The zero-order valence-electron chi connectivity index (χ0n) is 10.9. The average molecular weight is 297 g/mol. The summed E-state index contributed by atoms with van der Waals surface area (Å²) < 4.78 is 5.78. The van der Waals surface area contributed by atoms with Gasteiger partial charge in [-0.05, 0) is 61.8 Å². The van der Waals surface area contributed by atoms with Gasteiger partial charge in [0.05, 0.1) is 6.61 Å². The van der Waals surface area contributed by atoms with E-state index in [0.29, 0.717) is 4.83 Å². The maximum atomic E-state index is 5.78. The lowest BCUT2D eigenvalue weighted by Crippen LogP contribution is -2.02. The molecule has 0 bridgehead atoms. The number of hydrogen-bond acceptors (Lipinski definition) is 1. The average Bonchev–Trinajstić information content (AvgIpc) is 2.43. The van der Waals surface area contributed by atoms with Crippen LogP contribution in [0.15, 0.2) is 12.1 Å². The normalized spacial score (nSPS) is 24.0. The first-order valence-electron chi connectivity index (χ1n) is 6.52. The summed E-state index contributed by atoms with van der Waals surface area (Å²) in [6.07, 6.45) is 3.64. The number of halogens is 1. The van der Waals surface area contributed by atoms with E-state index in [4.69, 9.17) is 4.74 Å². The van der Waals surface area contributed by atoms with Gasteiger partial charge < -0.3 is 4.74 Å². The van der Waals surface area contributed by atoms with Gasteiger partial charge in [-0.2, -0.15) is 0 Å². The molecule has 2 rings (SSSR count). The molecular formula is C15H21BrO. The Bertz CT molecular complexity index is 400. The van der Waals surface area contributed by atoms with Crippen LogP contribution in [0.3, 0.4) is 0 Å². The Morgan fingerprint density at radius 1 is 1.41 bits per heavy atom. The number of aryl methyl sites for hydroxylation is 1. The molecule has 0 spiro atoms. The summed E-state index contributed by atoms with van der Waals surface area (Å²) >= 11 is 3.86. The van der Waals surface area contributed by atoms with E-state index in [9.17, 15) is 0 Å². The quantitative estimate of drug-likeness (QED) is 0.562. The molecule has 0 radical (unpaired) electrons. The summed E-state index contributed by atoms with van der Waals surface area (Å²) in [6.45, 7) is 7.35. The highest BCUT2D eigenvalue weighted by atomic mass is 79.9. The third kappa shape index (κ3) is 2.67. The summed E-state index contributed by atoms with van der Waals surface area (Å²) in [6, 6.07) is 4.32. The Hall–Kier alpha value is -0.500. The number of rotatable bonds is 2. The smallest absolute Gasteiger partial charge is 0.122 e. The van der Waals surface area contributed by atoms with Gasteiger partial charge in [-0.25, -0.2) is 0 Å². The Kier molecular flexibility index (Phi) is 4.13. The highest BCUT2D eigenvalue weighted by molar-refractivity contribution is 9.09. The number of ether oxygens (including phenoxy) is 1. The van der Waals surface area contributed by atoms with Gasteiger partial charge in [-0.3, -0.25) is 0 Å². The van der Waals surface area contributed by atoms with E-state index in [1.807, 2.05) is 0 Å². The molecule has 0 aromatic heterocycles. The van der Waals surface area contributed by atoms with Crippen LogP contribution in [0.2, 0.25) is 0 Å². The van der Waals surface area contributed by atoms with Gasteiger partial charge in [0.1, 0.15) is 5.75 Å². The van der Waals surface area contributed by atoms with E-state index in [1.54, 1.807) is 0 Å². The predicted molar refractivity (Wildman–Crippen MR) is 76.1 cm³/mol. The zero-order chi connectivity index (χ0) is 12.4. The van der Waals surface area contributed by atoms with Crippen molar-refractivity contribution in [2.75, 3.05) is 6.61 Å². The molecule has 0 fully saturated rings. The molecule has 0 saturated carbocycles. The molecule has 2 heteroatoms. The van der Waals surface area contributed by atoms with Crippen LogP contribution < -0.4 is 4.74 Å². The lowest BCUT2D eigenvalue weighted by atomic mass is 9.97. The SMILES string of the molecule is CCOc1ccc(C)c2c1CCC(C)CC2Br. The monoisotopic (exact) mass is 296 g/mol. The molecule has 1 aromatic rings. The van der Waals surface area contributed by atoms with Crippen LogP contribution in [-0.2, 0) is 6.42 Å². The van der Waals surface area contributed by atoms with Crippen molar-refractivity contribution in [3.05, 3.63) is 28.8 Å². The molecule has 0 amide bonds. The number of benzene rings is 1. The van der Waals surface area contributed by atoms with Crippen molar-refractivity contribution in [2.24, 2.45) is 5.92 Å². The first kappa shape index (κ1) is 12.9. The van der Waals surface area contributed by atoms with Crippen LogP contribution in [-0.4, -0.2) is 6.61 Å². The highest BCUT2D eigenvalue weighted by Gasteiger charge is 2.24. The van der Waals surface area contributed by atoms with Crippen molar-refractivity contribution in [3.8, 4) is 5.75 Å². The third-order valence-electron chi connectivity index (χ3n) is 3.64. The fourth-order valence-corrected chi connectivity index (χ4v) is 4.00. The van der Waals surface area contributed by atoms with Crippen LogP contribution >= 0.6 is 15.9 Å². The summed E-state index contributed by atoms with van der Waals surface area (Å²) in [4.78, 5) is 0.482. The highest BCUT2D eigenvalue weighted by Crippen LogP contribution is 2.42. The van der Waals surface area contributed by atoms with E-state index >= 15 is 0 Å². The van der Waals surface area contributed by atoms with E-state index < -0.39 is 0 Å². The summed E-state index contributed by atoms with van der Waals surface area (Å²) in [5, 5.41) is 0. The molecule has 1 aliphatic rings. The number of hydrogen-bond donors (Lipinski definition) is 0. The Morgan fingerprint density at radius 3 is 2.88 bits per heavy atom. The third-order valence-corrected chi connectivity index (χ3v) is 4.47. The summed E-state index contributed by atoms with van der Waals surface area (Å²) in [7, 11) is 0. The topological polar surface area (TPSA) is 9.23 Å². The second-order valence-electron chi connectivity index (χ2n) is 5.05. The van der Waals surface area contributed by atoms with E-state index in [0.717, 1.165) is 24.7 Å². The van der Waals surface area contributed by atoms with Gasteiger partial charge in [0.2, 0.25) is 0 Å². The van der Waals surface area contributed by atoms with Crippen LogP contribution in [0.1, 0.15) is 48.2 Å². The molecule has 0 aliphatic heterocycles. The largest absolute Gasteiger partial charge is 0.494 e. The van der Waals surface area contributed by atoms with Crippen LogP contribution in [0.25, 0.3) is 0 Å². The van der Waals surface area contributed by atoms with Gasteiger partial charge >= 0.3 is 0 Å². The minimum absolute atomic E-state index is 0.482. The Morgan fingerprint density at radius 2 is 2.18 bits per heavy atom. The first-order chi connectivity index (χ1) is 8.13. The fourth-order valence-electron chi connectivity index (χ4n) is 2.73. The fraction of sp³-hybridized carbons (Fsp3) is 0.600. The molecular weight excluding hydrogens is 276 g/mol. The molecule has 17 heavy (non-hydrogen) atoms. The Labute approximate surface area is 113 Å². The summed E-state index contributed by atoms with van der Waals surface area (Å²) in [5.74, 6) is 1.87.